The highest BCUT2D eigenvalue weighted by molar-refractivity contribution is 6.31. The number of rotatable bonds is 5. The molecule has 1 aromatic carbocycles. The topological polar surface area (TPSA) is 55.8 Å². The van der Waals surface area contributed by atoms with Gasteiger partial charge in [0, 0.05) is 37.9 Å². The van der Waals surface area contributed by atoms with Crippen molar-refractivity contribution in [3.05, 3.63) is 29.0 Å². The molecule has 5 nitrogen and oxygen atoms in total. The first-order valence-electron chi connectivity index (χ1n) is 9.44. The summed E-state index contributed by atoms with van der Waals surface area (Å²) in [6.07, 6.45) is 4.02. The Morgan fingerprint density at radius 3 is 2.85 bits per heavy atom. The van der Waals surface area contributed by atoms with Gasteiger partial charge in [-0.2, -0.15) is 0 Å². The largest absolute Gasteiger partial charge is 0.392 e. The number of nitrogens with zero attached hydrogens (tertiary/aromatic N) is 2. The van der Waals surface area contributed by atoms with Crippen LogP contribution in [-0.4, -0.2) is 59.3 Å². The highest BCUT2D eigenvalue weighted by atomic mass is 35.5. The number of benzene rings is 1. The first-order chi connectivity index (χ1) is 12.5. The third-order valence-corrected chi connectivity index (χ3v) is 6.33. The van der Waals surface area contributed by atoms with Crippen molar-refractivity contribution in [3.8, 4) is 0 Å². The summed E-state index contributed by atoms with van der Waals surface area (Å²) in [5, 5.41) is 12.6. The number of carbonyl (C=O) groups excluding carboxylic acids is 1. The SMILES string of the molecule is O=C(Nc1ccc(F)c(Cl)c1)N(CCN1CCC(O)C1)C1CCC2CC21. The number of nitrogens with one attached hydrogen (secondary N) is 1. The Hall–Kier alpha value is -1.37. The van der Waals surface area contributed by atoms with Crippen LogP contribution in [0.1, 0.15) is 25.7 Å². The van der Waals surface area contributed by atoms with Gasteiger partial charge in [-0.3, -0.25) is 4.90 Å². The van der Waals surface area contributed by atoms with Crippen LogP contribution in [0.25, 0.3) is 0 Å². The molecule has 0 spiro atoms. The highest BCUT2D eigenvalue weighted by Crippen LogP contribution is 2.53. The number of halogens is 2. The van der Waals surface area contributed by atoms with E-state index in [0.717, 1.165) is 31.8 Å². The lowest BCUT2D eigenvalue weighted by molar-refractivity contribution is 0.154. The Labute approximate surface area is 158 Å². The molecule has 3 aliphatic rings. The lowest BCUT2D eigenvalue weighted by Gasteiger charge is -2.32. The number of hydrogen-bond acceptors (Lipinski definition) is 3. The van der Waals surface area contributed by atoms with E-state index in [4.69, 9.17) is 11.6 Å². The number of fused-ring (bicyclic) bond motifs is 1. The molecule has 2 N–H and O–H groups in total. The fourth-order valence-corrected chi connectivity index (χ4v) is 4.69. The van der Waals surface area contributed by atoms with Crippen molar-refractivity contribution < 1.29 is 14.3 Å². The summed E-state index contributed by atoms with van der Waals surface area (Å²) in [6, 6.07) is 4.37. The summed E-state index contributed by atoms with van der Waals surface area (Å²) >= 11 is 5.82. The van der Waals surface area contributed by atoms with Crippen molar-refractivity contribution in [2.24, 2.45) is 11.8 Å². The van der Waals surface area contributed by atoms with Crippen LogP contribution in [0.3, 0.4) is 0 Å². The number of hydrogen-bond donors (Lipinski definition) is 2. The zero-order valence-electron chi connectivity index (χ0n) is 14.7. The fraction of sp³-hybridized carbons (Fsp3) is 0.632. The minimum atomic E-state index is -0.495. The molecule has 1 heterocycles. The summed E-state index contributed by atoms with van der Waals surface area (Å²) in [4.78, 5) is 17.1. The van der Waals surface area contributed by atoms with Gasteiger partial charge in [0.05, 0.1) is 11.1 Å². The standard InChI is InChI=1S/C19H25ClFN3O2/c20-16-10-13(2-3-17(16)21)22-19(26)24(18-4-1-12-9-15(12)18)8-7-23-6-5-14(25)11-23/h2-3,10,12,14-15,18,25H,1,4-9,11H2,(H,22,26). The molecular formula is C19H25ClFN3O2. The van der Waals surface area contributed by atoms with Gasteiger partial charge < -0.3 is 15.3 Å². The zero-order valence-corrected chi connectivity index (χ0v) is 15.5. The quantitative estimate of drug-likeness (QED) is 0.823. The third kappa shape index (κ3) is 3.82. The molecule has 0 bridgehead atoms. The molecule has 1 aromatic rings. The minimum Gasteiger partial charge on any atom is -0.392 e. The summed E-state index contributed by atoms with van der Waals surface area (Å²) in [5.74, 6) is 0.914. The molecule has 4 atom stereocenters. The van der Waals surface area contributed by atoms with Crippen molar-refractivity contribution in [2.45, 2.75) is 37.8 Å². The maximum atomic E-state index is 13.3. The average molecular weight is 382 g/mol. The van der Waals surface area contributed by atoms with Gasteiger partial charge in [0.25, 0.3) is 0 Å². The maximum absolute atomic E-state index is 13.3. The lowest BCUT2D eigenvalue weighted by Crippen LogP contribution is -2.46. The molecule has 2 aliphatic carbocycles. The Morgan fingerprint density at radius 1 is 1.38 bits per heavy atom. The van der Waals surface area contributed by atoms with E-state index in [1.807, 2.05) is 4.90 Å². The molecule has 7 heteroatoms. The number of aliphatic hydroxyl groups excluding tert-OH is 1. The van der Waals surface area contributed by atoms with Crippen molar-refractivity contribution in [1.82, 2.24) is 9.80 Å². The smallest absolute Gasteiger partial charge is 0.322 e. The first-order valence-corrected chi connectivity index (χ1v) is 9.82. The van der Waals surface area contributed by atoms with E-state index >= 15 is 0 Å². The van der Waals surface area contributed by atoms with E-state index in [-0.39, 0.29) is 23.2 Å². The van der Waals surface area contributed by atoms with E-state index < -0.39 is 5.82 Å². The van der Waals surface area contributed by atoms with Gasteiger partial charge in [0.2, 0.25) is 0 Å². The summed E-state index contributed by atoms with van der Waals surface area (Å²) in [7, 11) is 0. The van der Waals surface area contributed by atoms with E-state index in [0.29, 0.717) is 24.7 Å². The van der Waals surface area contributed by atoms with Crippen LogP contribution in [0, 0.1) is 17.7 Å². The second kappa shape index (κ2) is 7.33. The number of likely N-dealkylation sites (tertiary alicyclic amines) is 1. The molecule has 2 saturated carbocycles. The van der Waals surface area contributed by atoms with Gasteiger partial charge in [0.15, 0.2) is 0 Å². The van der Waals surface area contributed by atoms with Gasteiger partial charge in [0.1, 0.15) is 5.82 Å². The van der Waals surface area contributed by atoms with Crippen LogP contribution in [-0.2, 0) is 0 Å². The number of carbonyl (C=O) groups is 1. The van der Waals surface area contributed by atoms with Crippen LogP contribution >= 0.6 is 11.6 Å². The number of amides is 2. The van der Waals surface area contributed by atoms with Crippen LogP contribution in [0.15, 0.2) is 18.2 Å². The number of urea groups is 1. The Bertz CT molecular complexity index is 689. The molecular weight excluding hydrogens is 357 g/mol. The molecule has 142 valence electrons. The lowest BCUT2D eigenvalue weighted by atomic mass is 10.1. The predicted molar refractivity (Wildman–Crippen MR) is 98.8 cm³/mol. The van der Waals surface area contributed by atoms with Gasteiger partial charge in [-0.15, -0.1) is 0 Å². The molecule has 0 aromatic heterocycles. The van der Waals surface area contributed by atoms with E-state index in [2.05, 4.69) is 10.2 Å². The predicted octanol–water partition coefficient (Wildman–Crippen LogP) is 3.18. The normalized spacial score (nSPS) is 30.3. The molecule has 0 radical (unpaired) electrons. The number of β-amino-alcohol motifs (C(OH)–C–C–N with tert-alkyl or cyclic N) is 1. The Kier molecular flexibility index (Phi) is 5.08. The fourth-order valence-electron chi connectivity index (χ4n) is 4.51. The molecule has 4 rings (SSSR count). The highest BCUT2D eigenvalue weighted by Gasteiger charge is 2.51. The molecule has 2 amide bonds. The van der Waals surface area contributed by atoms with Crippen molar-refractivity contribution in [1.29, 1.82) is 0 Å². The molecule has 4 unspecified atom stereocenters. The van der Waals surface area contributed by atoms with E-state index in [9.17, 15) is 14.3 Å². The molecule has 26 heavy (non-hydrogen) atoms. The van der Waals surface area contributed by atoms with Crippen LogP contribution in [0.4, 0.5) is 14.9 Å². The average Bonchev–Trinajstić information content (AvgIpc) is 3.08. The molecule has 1 aliphatic heterocycles. The van der Waals surface area contributed by atoms with Crippen LogP contribution < -0.4 is 5.32 Å². The number of anilines is 1. The van der Waals surface area contributed by atoms with E-state index in [1.54, 1.807) is 0 Å². The van der Waals surface area contributed by atoms with Crippen molar-refractivity contribution in [2.75, 3.05) is 31.5 Å². The van der Waals surface area contributed by atoms with Gasteiger partial charge in [-0.05, 0) is 55.7 Å². The Balaban J connectivity index is 1.42. The Morgan fingerprint density at radius 2 is 2.23 bits per heavy atom. The monoisotopic (exact) mass is 381 g/mol. The van der Waals surface area contributed by atoms with E-state index in [1.165, 1.54) is 31.0 Å². The summed E-state index contributed by atoms with van der Waals surface area (Å²) in [6.45, 7) is 2.96. The zero-order chi connectivity index (χ0) is 18.3. The second-order valence-electron chi connectivity index (χ2n) is 7.80. The van der Waals surface area contributed by atoms with Crippen molar-refractivity contribution >= 4 is 23.3 Å². The third-order valence-electron chi connectivity index (χ3n) is 6.04. The minimum absolute atomic E-state index is 0.00327. The van der Waals surface area contributed by atoms with Crippen LogP contribution in [0.2, 0.25) is 5.02 Å². The number of aliphatic hydroxyl groups is 1. The summed E-state index contributed by atoms with van der Waals surface area (Å²) in [5.41, 5.74) is 0.508. The summed E-state index contributed by atoms with van der Waals surface area (Å²) < 4.78 is 13.3. The van der Waals surface area contributed by atoms with Gasteiger partial charge in [-0.1, -0.05) is 11.6 Å². The van der Waals surface area contributed by atoms with Gasteiger partial charge >= 0.3 is 6.03 Å². The molecule has 1 saturated heterocycles. The van der Waals surface area contributed by atoms with Crippen LogP contribution in [0.5, 0.6) is 0 Å². The first kappa shape index (κ1) is 18.0. The maximum Gasteiger partial charge on any atom is 0.322 e. The second-order valence-corrected chi connectivity index (χ2v) is 8.21. The molecule has 3 fully saturated rings. The van der Waals surface area contributed by atoms with Gasteiger partial charge in [-0.25, -0.2) is 9.18 Å². The van der Waals surface area contributed by atoms with Crippen molar-refractivity contribution in [3.63, 3.8) is 0 Å².